The third kappa shape index (κ3) is 3.03. The van der Waals surface area contributed by atoms with Gasteiger partial charge in [-0.1, -0.05) is 13.8 Å². The lowest BCUT2D eigenvalue weighted by molar-refractivity contribution is 0.0944. The third-order valence-electron chi connectivity index (χ3n) is 3.04. The highest BCUT2D eigenvalue weighted by Crippen LogP contribution is 2.31. The van der Waals surface area contributed by atoms with Crippen molar-refractivity contribution in [2.24, 2.45) is 5.92 Å². The Bertz CT molecular complexity index is 423. The van der Waals surface area contributed by atoms with Gasteiger partial charge in [-0.2, -0.15) is 0 Å². The fourth-order valence-corrected chi connectivity index (χ4v) is 3.04. The number of anilines is 2. The zero-order valence-electron chi connectivity index (χ0n) is 10.9. The Morgan fingerprint density at radius 2 is 2.44 bits per heavy atom. The second kappa shape index (κ2) is 5.71. The van der Waals surface area contributed by atoms with Gasteiger partial charge in [0, 0.05) is 19.1 Å². The highest BCUT2D eigenvalue weighted by molar-refractivity contribution is 7.18. The van der Waals surface area contributed by atoms with Crippen molar-refractivity contribution in [1.29, 1.82) is 0 Å². The van der Waals surface area contributed by atoms with Gasteiger partial charge in [0.15, 0.2) is 5.78 Å². The average Bonchev–Trinajstić information content (AvgIpc) is 2.94. The van der Waals surface area contributed by atoms with Crippen molar-refractivity contribution in [2.45, 2.75) is 32.8 Å². The van der Waals surface area contributed by atoms with E-state index in [0.717, 1.165) is 31.0 Å². The first-order valence-electron chi connectivity index (χ1n) is 6.37. The van der Waals surface area contributed by atoms with E-state index in [0.29, 0.717) is 10.6 Å². The van der Waals surface area contributed by atoms with Crippen LogP contribution in [0.25, 0.3) is 0 Å². The fourth-order valence-electron chi connectivity index (χ4n) is 1.97. The van der Waals surface area contributed by atoms with E-state index in [4.69, 9.17) is 10.5 Å². The summed E-state index contributed by atoms with van der Waals surface area (Å²) in [5.41, 5.74) is 6.46. The zero-order valence-corrected chi connectivity index (χ0v) is 11.7. The molecule has 0 radical (unpaired) electrons. The van der Waals surface area contributed by atoms with Crippen LogP contribution in [0.5, 0.6) is 0 Å². The summed E-state index contributed by atoms with van der Waals surface area (Å²) in [6.45, 7) is 5.42. The van der Waals surface area contributed by atoms with Crippen LogP contribution in [0.15, 0.2) is 6.07 Å². The van der Waals surface area contributed by atoms with Crippen LogP contribution in [-0.4, -0.2) is 25.0 Å². The van der Waals surface area contributed by atoms with Gasteiger partial charge in [-0.25, -0.2) is 0 Å². The van der Waals surface area contributed by atoms with E-state index in [2.05, 4.69) is 5.32 Å². The lowest BCUT2D eigenvalue weighted by atomic mass is 10.1. The fraction of sp³-hybridized carbons (Fsp3) is 0.615. The van der Waals surface area contributed by atoms with Gasteiger partial charge < -0.3 is 15.8 Å². The molecule has 1 aliphatic heterocycles. The first kappa shape index (κ1) is 13.4. The quantitative estimate of drug-likeness (QED) is 0.806. The van der Waals surface area contributed by atoms with E-state index >= 15 is 0 Å². The number of hydrogen-bond donors (Lipinski definition) is 2. The van der Waals surface area contributed by atoms with Gasteiger partial charge in [-0.3, -0.25) is 4.79 Å². The smallest absolute Gasteiger partial charge is 0.177 e. The second-order valence-electron chi connectivity index (χ2n) is 4.93. The van der Waals surface area contributed by atoms with Crippen LogP contribution in [0.3, 0.4) is 0 Å². The molecule has 0 aliphatic carbocycles. The molecule has 0 saturated carbocycles. The first-order valence-corrected chi connectivity index (χ1v) is 7.18. The van der Waals surface area contributed by atoms with Gasteiger partial charge in [-0.15, -0.1) is 11.3 Å². The standard InChI is InChI=1S/C13H20N2O2S/c1-8(2)12(16)13-10(14)6-11(18-13)15-7-9-4-3-5-17-9/h6,8-9,15H,3-5,7,14H2,1-2H3. The maximum Gasteiger partial charge on any atom is 0.177 e. The molecular weight excluding hydrogens is 248 g/mol. The minimum atomic E-state index is -0.0167. The molecule has 1 atom stereocenters. The summed E-state index contributed by atoms with van der Waals surface area (Å²) in [5.74, 6) is 0.0969. The van der Waals surface area contributed by atoms with E-state index in [1.807, 2.05) is 19.9 Å². The van der Waals surface area contributed by atoms with Crippen LogP contribution >= 0.6 is 11.3 Å². The molecule has 18 heavy (non-hydrogen) atoms. The van der Waals surface area contributed by atoms with Crippen LogP contribution in [0.1, 0.15) is 36.4 Å². The van der Waals surface area contributed by atoms with Gasteiger partial charge in [0.1, 0.15) is 0 Å². The molecule has 1 aromatic rings. The molecule has 5 heteroatoms. The minimum absolute atomic E-state index is 0.0167. The number of carbonyl (C=O) groups excluding carboxylic acids is 1. The number of ketones is 1. The number of carbonyl (C=O) groups is 1. The minimum Gasteiger partial charge on any atom is -0.397 e. The van der Waals surface area contributed by atoms with E-state index in [1.54, 1.807) is 0 Å². The SMILES string of the molecule is CC(C)C(=O)c1sc(NCC2CCCO2)cc1N. The Hall–Kier alpha value is -1.07. The Labute approximate surface area is 112 Å². The molecule has 100 valence electrons. The number of Topliss-reactive ketones (excluding diaryl/α,β-unsaturated/α-hetero) is 1. The number of ether oxygens (including phenoxy) is 1. The summed E-state index contributed by atoms with van der Waals surface area (Å²) < 4.78 is 5.54. The lowest BCUT2D eigenvalue weighted by Gasteiger charge is -2.09. The monoisotopic (exact) mass is 268 g/mol. The summed E-state index contributed by atoms with van der Waals surface area (Å²) in [5, 5.41) is 4.25. The van der Waals surface area contributed by atoms with Crippen molar-refractivity contribution in [3.8, 4) is 0 Å². The molecule has 2 heterocycles. The average molecular weight is 268 g/mol. The molecule has 4 nitrogen and oxygen atoms in total. The highest BCUT2D eigenvalue weighted by atomic mass is 32.1. The summed E-state index contributed by atoms with van der Waals surface area (Å²) in [4.78, 5) is 12.6. The number of nitrogens with one attached hydrogen (secondary N) is 1. The van der Waals surface area contributed by atoms with Crippen LogP contribution in [-0.2, 0) is 4.74 Å². The van der Waals surface area contributed by atoms with Gasteiger partial charge in [0.25, 0.3) is 0 Å². The van der Waals surface area contributed by atoms with E-state index in [9.17, 15) is 4.79 Å². The second-order valence-corrected chi connectivity index (χ2v) is 5.98. The summed E-state index contributed by atoms with van der Waals surface area (Å²) >= 11 is 1.44. The predicted octanol–water partition coefficient (Wildman–Crippen LogP) is 2.76. The Morgan fingerprint density at radius 1 is 1.67 bits per heavy atom. The van der Waals surface area contributed by atoms with Crippen molar-refractivity contribution in [3.05, 3.63) is 10.9 Å². The molecule has 1 fully saturated rings. The number of rotatable bonds is 5. The van der Waals surface area contributed by atoms with Gasteiger partial charge in [0.05, 0.1) is 21.7 Å². The molecular formula is C13H20N2O2S. The maximum absolute atomic E-state index is 11.9. The van der Waals surface area contributed by atoms with Crippen LogP contribution in [0.4, 0.5) is 10.7 Å². The van der Waals surface area contributed by atoms with E-state index in [1.165, 1.54) is 11.3 Å². The van der Waals surface area contributed by atoms with Crippen molar-refractivity contribution in [1.82, 2.24) is 0 Å². The number of hydrogen-bond acceptors (Lipinski definition) is 5. The van der Waals surface area contributed by atoms with Crippen molar-refractivity contribution < 1.29 is 9.53 Å². The van der Waals surface area contributed by atoms with E-state index < -0.39 is 0 Å². The largest absolute Gasteiger partial charge is 0.397 e. The number of nitrogen functional groups attached to an aromatic ring is 1. The van der Waals surface area contributed by atoms with Crippen molar-refractivity contribution in [3.63, 3.8) is 0 Å². The third-order valence-corrected chi connectivity index (χ3v) is 4.16. The molecule has 1 saturated heterocycles. The summed E-state index contributed by atoms with van der Waals surface area (Å²) in [6, 6.07) is 1.84. The first-order chi connectivity index (χ1) is 8.58. The molecule has 0 bridgehead atoms. The zero-order chi connectivity index (χ0) is 13.1. The molecule has 0 amide bonds. The molecule has 1 aromatic heterocycles. The Morgan fingerprint density at radius 3 is 3.06 bits per heavy atom. The van der Waals surface area contributed by atoms with Gasteiger partial charge in [-0.05, 0) is 18.9 Å². The van der Waals surface area contributed by atoms with Crippen molar-refractivity contribution in [2.75, 3.05) is 24.2 Å². The van der Waals surface area contributed by atoms with Gasteiger partial charge in [0.2, 0.25) is 0 Å². The number of thiophene rings is 1. The van der Waals surface area contributed by atoms with E-state index in [-0.39, 0.29) is 17.8 Å². The Kier molecular flexibility index (Phi) is 4.24. The Balaban J connectivity index is 1.97. The van der Waals surface area contributed by atoms with Gasteiger partial charge >= 0.3 is 0 Å². The normalized spacial score (nSPS) is 19.4. The summed E-state index contributed by atoms with van der Waals surface area (Å²) in [7, 11) is 0. The van der Waals surface area contributed by atoms with Crippen LogP contribution in [0, 0.1) is 5.92 Å². The summed E-state index contributed by atoms with van der Waals surface area (Å²) in [6.07, 6.45) is 2.53. The predicted molar refractivity (Wildman–Crippen MR) is 75.4 cm³/mol. The molecule has 1 unspecified atom stereocenters. The molecule has 2 rings (SSSR count). The molecule has 1 aliphatic rings. The topological polar surface area (TPSA) is 64.3 Å². The number of nitrogens with two attached hydrogens (primary N) is 1. The molecule has 3 N–H and O–H groups in total. The lowest BCUT2D eigenvalue weighted by Crippen LogP contribution is -2.17. The molecule has 0 aromatic carbocycles. The maximum atomic E-state index is 11.9. The highest BCUT2D eigenvalue weighted by Gasteiger charge is 2.19. The van der Waals surface area contributed by atoms with Crippen molar-refractivity contribution >= 4 is 27.8 Å². The van der Waals surface area contributed by atoms with Crippen LogP contribution in [0.2, 0.25) is 0 Å². The molecule has 0 spiro atoms. The van der Waals surface area contributed by atoms with Crippen LogP contribution < -0.4 is 11.1 Å².